The fraction of sp³-hybridized carbons (Fsp3) is 1.00. The third-order valence-electron chi connectivity index (χ3n) is 4.77. The van der Waals surface area contributed by atoms with Gasteiger partial charge >= 0.3 is 0 Å². The minimum atomic E-state index is 0.296. The van der Waals surface area contributed by atoms with Crippen LogP contribution in [0.5, 0.6) is 0 Å². The molecule has 2 N–H and O–H groups in total. The largest absolute Gasteiger partial charge is 0.325 e. The Morgan fingerprint density at radius 2 is 2.00 bits per heavy atom. The smallest absolute Gasteiger partial charge is 0.0188 e. The lowest BCUT2D eigenvalue weighted by molar-refractivity contribution is 0.258. The van der Waals surface area contributed by atoms with Gasteiger partial charge in [0.1, 0.15) is 0 Å². The Bertz CT molecular complexity index is 201. The molecule has 12 heavy (non-hydrogen) atoms. The number of nitrogens with two attached hydrogens (primary N) is 1. The first-order valence-electron chi connectivity index (χ1n) is 5.58. The van der Waals surface area contributed by atoms with Crippen LogP contribution in [0.15, 0.2) is 0 Å². The fourth-order valence-corrected chi connectivity index (χ4v) is 4.35. The first-order chi connectivity index (χ1) is 5.80. The van der Waals surface area contributed by atoms with E-state index in [1.54, 1.807) is 0 Å². The standard InChI is InChI=1S/C11H19N/c12-11-6-2-3-8(7-11)9-4-1-5-10(9)11/h8-10H,1-7,12H2. The van der Waals surface area contributed by atoms with E-state index in [0.29, 0.717) is 5.54 Å². The van der Waals surface area contributed by atoms with Crippen LogP contribution < -0.4 is 5.73 Å². The number of hydrogen-bond donors (Lipinski definition) is 1. The molecule has 0 aromatic carbocycles. The van der Waals surface area contributed by atoms with Gasteiger partial charge in [-0.2, -0.15) is 0 Å². The summed E-state index contributed by atoms with van der Waals surface area (Å²) >= 11 is 0. The molecule has 0 amide bonds. The van der Waals surface area contributed by atoms with Crippen LogP contribution >= 0.6 is 0 Å². The predicted molar refractivity (Wildman–Crippen MR) is 49.7 cm³/mol. The van der Waals surface area contributed by atoms with Gasteiger partial charge < -0.3 is 5.73 Å². The van der Waals surface area contributed by atoms with Crippen LogP contribution in [-0.2, 0) is 0 Å². The highest BCUT2D eigenvalue weighted by Gasteiger charge is 2.54. The van der Waals surface area contributed by atoms with E-state index in [0.717, 1.165) is 17.8 Å². The monoisotopic (exact) mass is 165 g/mol. The first-order valence-corrected chi connectivity index (χ1v) is 5.58. The second kappa shape index (κ2) is 2.25. The molecular weight excluding hydrogens is 146 g/mol. The van der Waals surface area contributed by atoms with Crippen molar-refractivity contribution in [3.8, 4) is 0 Å². The van der Waals surface area contributed by atoms with Crippen molar-refractivity contribution in [2.75, 3.05) is 0 Å². The van der Waals surface area contributed by atoms with E-state index in [-0.39, 0.29) is 0 Å². The van der Waals surface area contributed by atoms with Gasteiger partial charge in [0.15, 0.2) is 0 Å². The average Bonchev–Trinajstić information content (AvgIpc) is 2.57. The number of fused-ring (bicyclic) bond motifs is 5. The molecule has 0 heterocycles. The average molecular weight is 165 g/mol. The molecule has 2 bridgehead atoms. The second-order valence-electron chi connectivity index (χ2n) is 5.29. The molecule has 4 unspecified atom stereocenters. The van der Waals surface area contributed by atoms with Crippen molar-refractivity contribution >= 4 is 0 Å². The van der Waals surface area contributed by atoms with Crippen molar-refractivity contribution in [3.63, 3.8) is 0 Å². The Balaban J connectivity index is 1.95. The van der Waals surface area contributed by atoms with E-state index in [9.17, 15) is 0 Å². The van der Waals surface area contributed by atoms with E-state index in [4.69, 9.17) is 5.73 Å². The van der Waals surface area contributed by atoms with E-state index in [1.165, 1.54) is 44.9 Å². The van der Waals surface area contributed by atoms with Crippen molar-refractivity contribution in [1.82, 2.24) is 0 Å². The molecule has 1 heteroatoms. The fourth-order valence-electron chi connectivity index (χ4n) is 4.35. The van der Waals surface area contributed by atoms with Crippen molar-refractivity contribution in [2.45, 2.75) is 50.5 Å². The van der Waals surface area contributed by atoms with Crippen LogP contribution in [0.4, 0.5) is 0 Å². The SMILES string of the molecule is NC12CCCC(C1)C1CCCC12. The summed E-state index contributed by atoms with van der Waals surface area (Å²) in [6.45, 7) is 0. The van der Waals surface area contributed by atoms with E-state index < -0.39 is 0 Å². The normalized spacial score (nSPS) is 57.2. The molecular formula is C11H19N. The highest BCUT2D eigenvalue weighted by molar-refractivity contribution is 5.08. The minimum Gasteiger partial charge on any atom is -0.325 e. The summed E-state index contributed by atoms with van der Waals surface area (Å²) in [6, 6.07) is 0. The summed E-state index contributed by atoms with van der Waals surface area (Å²) < 4.78 is 0. The summed E-state index contributed by atoms with van der Waals surface area (Å²) in [5.41, 5.74) is 6.78. The Hall–Kier alpha value is -0.0400. The van der Waals surface area contributed by atoms with Crippen LogP contribution in [0, 0.1) is 17.8 Å². The Kier molecular flexibility index (Phi) is 1.39. The van der Waals surface area contributed by atoms with Crippen LogP contribution in [0.1, 0.15) is 44.9 Å². The zero-order chi connectivity index (χ0) is 8.18. The predicted octanol–water partition coefficient (Wildman–Crippen LogP) is 2.30. The lowest BCUT2D eigenvalue weighted by Gasteiger charge is -2.33. The molecule has 3 fully saturated rings. The summed E-state index contributed by atoms with van der Waals surface area (Å²) in [6.07, 6.45) is 9.98. The lowest BCUT2D eigenvalue weighted by atomic mass is 9.79. The quantitative estimate of drug-likeness (QED) is 0.585. The molecule has 0 aromatic heterocycles. The zero-order valence-electron chi connectivity index (χ0n) is 7.76. The Morgan fingerprint density at radius 1 is 1.08 bits per heavy atom. The van der Waals surface area contributed by atoms with Gasteiger partial charge in [0.25, 0.3) is 0 Å². The van der Waals surface area contributed by atoms with Crippen LogP contribution in [-0.4, -0.2) is 5.54 Å². The van der Waals surface area contributed by atoms with Crippen molar-refractivity contribution < 1.29 is 0 Å². The number of rotatable bonds is 0. The first kappa shape index (κ1) is 7.37. The third kappa shape index (κ3) is 0.783. The number of hydrogen-bond acceptors (Lipinski definition) is 1. The van der Waals surface area contributed by atoms with Crippen molar-refractivity contribution in [3.05, 3.63) is 0 Å². The van der Waals surface area contributed by atoms with Gasteiger partial charge in [-0.3, -0.25) is 0 Å². The maximum atomic E-state index is 6.49. The molecule has 1 nitrogen and oxygen atoms in total. The molecule has 3 saturated carbocycles. The second-order valence-corrected chi connectivity index (χ2v) is 5.29. The van der Waals surface area contributed by atoms with Gasteiger partial charge in [-0.05, 0) is 43.4 Å². The molecule has 68 valence electrons. The highest BCUT2D eigenvalue weighted by Crippen LogP contribution is 2.57. The third-order valence-corrected chi connectivity index (χ3v) is 4.77. The van der Waals surface area contributed by atoms with E-state index in [1.807, 2.05) is 0 Å². The Labute approximate surface area is 74.7 Å². The molecule has 0 aliphatic heterocycles. The van der Waals surface area contributed by atoms with Gasteiger partial charge in [0.2, 0.25) is 0 Å². The van der Waals surface area contributed by atoms with Crippen LogP contribution in [0.2, 0.25) is 0 Å². The van der Waals surface area contributed by atoms with Gasteiger partial charge in [0.05, 0.1) is 0 Å². The van der Waals surface area contributed by atoms with Gasteiger partial charge in [-0.15, -0.1) is 0 Å². The van der Waals surface area contributed by atoms with E-state index in [2.05, 4.69) is 0 Å². The topological polar surface area (TPSA) is 26.0 Å². The summed E-state index contributed by atoms with van der Waals surface area (Å²) in [4.78, 5) is 0. The summed E-state index contributed by atoms with van der Waals surface area (Å²) in [5, 5.41) is 0. The van der Waals surface area contributed by atoms with Gasteiger partial charge in [0, 0.05) is 5.54 Å². The molecule has 3 aliphatic rings. The van der Waals surface area contributed by atoms with Crippen molar-refractivity contribution in [1.29, 1.82) is 0 Å². The van der Waals surface area contributed by atoms with E-state index >= 15 is 0 Å². The van der Waals surface area contributed by atoms with Gasteiger partial charge in [-0.25, -0.2) is 0 Å². The maximum Gasteiger partial charge on any atom is 0.0188 e. The zero-order valence-corrected chi connectivity index (χ0v) is 7.76. The molecule has 4 atom stereocenters. The molecule has 0 radical (unpaired) electrons. The van der Waals surface area contributed by atoms with Gasteiger partial charge in [-0.1, -0.05) is 19.3 Å². The maximum absolute atomic E-state index is 6.49. The molecule has 0 aromatic rings. The highest BCUT2D eigenvalue weighted by atomic mass is 14.8. The lowest BCUT2D eigenvalue weighted by Crippen LogP contribution is -2.44. The molecule has 3 rings (SSSR count). The van der Waals surface area contributed by atoms with Crippen molar-refractivity contribution in [2.24, 2.45) is 23.5 Å². The Morgan fingerprint density at radius 3 is 2.92 bits per heavy atom. The molecule has 0 saturated heterocycles. The van der Waals surface area contributed by atoms with Crippen LogP contribution in [0.3, 0.4) is 0 Å². The summed E-state index contributed by atoms with van der Waals surface area (Å²) in [7, 11) is 0. The molecule has 0 spiro atoms. The summed E-state index contributed by atoms with van der Waals surface area (Å²) in [5.74, 6) is 2.98. The van der Waals surface area contributed by atoms with Crippen LogP contribution in [0.25, 0.3) is 0 Å². The molecule has 3 aliphatic carbocycles. The minimum absolute atomic E-state index is 0.296.